The zero-order chi connectivity index (χ0) is 11.8. The van der Waals surface area contributed by atoms with Crippen molar-refractivity contribution in [1.29, 1.82) is 0 Å². The maximum Gasteiger partial charge on any atom is 0.181 e. The highest BCUT2D eigenvalue weighted by molar-refractivity contribution is 5.81. The molecule has 3 heterocycles. The van der Waals surface area contributed by atoms with Crippen LogP contribution in [0.1, 0.15) is 12.6 Å². The molecular formula is C10H11N5O2. The van der Waals surface area contributed by atoms with E-state index in [2.05, 4.69) is 15.0 Å². The predicted octanol–water partition coefficient (Wildman–Crippen LogP) is 0.204. The van der Waals surface area contributed by atoms with Crippen molar-refractivity contribution in [2.45, 2.75) is 12.6 Å². The molecule has 7 heteroatoms. The summed E-state index contributed by atoms with van der Waals surface area (Å²) in [5.41, 5.74) is 6.90. The lowest BCUT2D eigenvalue weighted by Crippen LogP contribution is -2.08. The van der Waals surface area contributed by atoms with Crippen molar-refractivity contribution in [3.05, 3.63) is 24.5 Å². The lowest BCUT2D eigenvalue weighted by atomic mass is 10.3. The van der Waals surface area contributed by atoms with Gasteiger partial charge in [-0.25, -0.2) is 15.0 Å². The molecule has 3 N–H and O–H groups in total. The third-order valence-electron chi connectivity index (χ3n) is 2.69. The molecule has 1 atom stereocenters. The number of nitrogen functional groups attached to an aromatic ring is 1. The van der Waals surface area contributed by atoms with E-state index in [-0.39, 0.29) is 12.8 Å². The number of aromatic nitrogens is 4. The van der Waals surface area contributed by atoms with Gasteiger partial charge in [-0.3, -0.25) is 4.57 Å². The number of nitrogens with two attached hydrogens (primary N) is 1. The molecule has 1 aliphatic rings. The number of hydrogen-bond donors (Lipinski definition) is 2. The van der Waals surface area contributed by atoms with Crippen LogP contribution in [0.3, 0.4) is 0 Å². The van der Waals surface area contributed by atoms with Crippen LogP contribution in [0.25, 0.3) is 11.2 Å². The van der Waals surface area contributed by atoms with Crippen molar-refractivity contribution in [3.63, 3.8) is 0 Å². The summed E-state index contributed by atoms with van der Waals surface area (Å²) in [6, 6.07) is 0. The van der Waals surface area contributed by atoms with E-state index in [0.717, 1.165) is 0 Å². The van der Waals surface area contributed by atoms with Gasteiger partial charge in [0.05, 0.1) is 0 Å². The second kappa shape index (κ2) is 3.70. The summed E-state index contributed by atoms with van der Waals surface area (Å²) in [7, 11) is 0. The average Bonchev–Trinajstić information content (AvgIpc) is 2.94. The third kappa shape index (κ3) is 1.51. The Morgan fingerprint density at radius 2 is 2.35 bits per heavy atom. The first-order valence-electron chi connectivity index (χ1n) is 5.19. The quantitative estimate of drug-likeness (QED) is 0.768. The number of anilines is 1. The molecule has 88 valence electrons. The van der Waals surface area contributed by atoms with Gasteiger partial charge in [0, 0.05) is 6.42 Å². The van der Waals surface area contributed by atoms with Gasteiger partial charge in [0.25, 0.3) is 0 Å². The van der Waals surface area contributed by atoms with Crippen LogP contribution in [0.2, 0.25) is 0 Å². The Bertz CT molecular complexity index is 591. The maximum atomic E-state index is 8.97. The van der Waals surface area contributed by atoms with Gasteiger partial charge in [-0.2, -0.15) is 0 Å². The van der Waals surface area contributed by atoms with Gasteiger partial charge in [0.1, 0.15) is 30.5 Å². The molecule has 0 saturated heterocycles. The smallest absolute Gasteiger partial charge is 0.181 e. The summed E-state index contributed by atoms with van der Waals surface area (Å²) in [4.78, 5) is 12.2. The summed E-state index contributed by atoms with van der Waals surface area (Å²) < 4.78 is 7.32. The Kier molecular flexibility index (Phi) is 2.19. The van der Waals surface area contributed by atoms with Crippen LogP contribution in [0.15, 0.2) is 24.5 Å². The van der Waals surface area contributed by atoms with E-state index < -0.39 is 0 Å². The molecule has 0 amide bonds. The molecule has 0 saturated carbocycles. The second-order valence-electron chi connectivity index (χ2n) is 3.72. The summed E-state index contributed by atoms with van der Waals surface area (Å²) in [6.07, 6.45) is 5.31. The number of fused-ring (bicyclic) bond motifs is 1. The Morgan fingerprint density at radius 1 is 1.47 bits per heavy atom. The molecule has 0 aliphatic carbocycles. The van der Waals surface area contributed by atoms with Crippen LogP contribution >= 0.6 is 0 Å². The first-order valence-corrected chi connectivity index (χ1v) is 5.19. The normalized spacial score (nSPS) is 19.4. The van der Waals surface area contributed by atoms with Gasteiger partial charge in [-0.05, 0) is 6.08 Å². The lowest BCUT2D eigenvalue weighted by Gasteiger charge is -2.14. The van der Waals surface area contributed by atoms with Gasteiger partial charge >= 0.3 is 0 Å². The van der Waals surface area contributed by atoms with Crippen LogP contribution in [0.4, 0.5) is 5.82 Å². The molecule has 0 fully saturated rings. The molecule has 0 spiro atoms. The summed E-state index contributed by atoms with van der Waals surface area (Å²) in [5.74, 6) is 0.918. The largest absolute Gasteiger partial charge is 0.472 e. The number of ether oxygens (including phenoxy) is 1. The molecule has 7 nitrogen and oxygen atoms in total. The Hall–Kier alpha value is -2.15. The van der Waals surface area contributed by atoms with Crippen LogP contribution in [0.5, 0.6) is 0 Å². The molecule has 0 aromatic carbocycles. The fourth-order valence-corrected chi connectivity index (χ4v) is 1.86. The van der Waals surface area contributed by atoms with Gasteiger partial charge in [0.2, 0.25) is 0 Å². The van der Waals surface area contributed by atoms with Gasteiger partial charge in [0.15, 0.2) is 17.7 Å². The maximum absolute atomic E-state index is 8.97. The van der Waals surface area contributed by atoms with Crippen molar-refractivity contribution < 1.29 is 9.84 Å². The lowest BCUT2D eigenvalue weighted by molar-refractivity contribution is 0.0656. The van der Waals surface area contributed by atoms with Gasteiger partial charge in [-0.15, -0.1) is 0 Å². The van der Waals surface area contributed by atoms with Crippen molar-refractivity contribution in [2.75, 3.05) is 12.3 Å². The second-order valence-corrected chi connectivity index (χ2v) is 3.72. The number of rotatable bonds is 2. The van der Waals surface area contributed by atoms with E-state index >= 15 is 0 Å². The van der Waals surface area contributed by atoms with Gasteiger partial charge in [-0.1, -0.05) is 0 Å². The van der Waals surface area contributed by atoms with E-state index in [1.54, 1.807) is 10.9 Å². The van der Waals surface area contributed by atoms with Crippen LogP contribution in [-0.2, 0) is 4.74 Å². The van der Waals surface area contributed by atoms with Crippen LogP contribution < -0.4 is 5.73 Å². The zero-order valence-corrected chi connectivity index (χ0v) is 8.95. The van der Waals surface area contributed by atoms with Crippen molar-refractivity contribution in [3.8, 4) is 0 Å². The predicted molar refractivity (Wildman–Crippen MR) is 59.6 cm³/mol. The number of aliphatic hydroxyl groups excluding tert-OH is 1. The minimum absolute atomic E-state index is 0.0970. The minimum atomic E-state index is -0.226. The zero-order valence-electron chi connectivity index (χ0n) is 8.95. The molecule has 2 aromatic rings. The number of nitrogens with zero attached hydrogens (tertiary/aromatic N) is 4. The summed E-state index contributed by atoms with van der Waals surface area (Å²) in [6.45, 7) is -0.0970. The third-order valence-corrected chi connectivity index (χ3v) is 2.69. The first-order chi connectivity index (χ1) is 8.29. The van der Waals surface area contributed by atoms with E-state index in [9.17, 15) is 0 Å². The highest BCUT2D eigenvalue weighted by Crippen LogP contribution is 2.28. The van der Waals surface area contributed by atoms with E-state index in [1.807, 2.05) is 6.08 Å². The molecule has 0 unspecified atom stereocenters. The molecule has 17 heavy (non-hydrogen) atoms. The number of hydrogen-bond acceptors (Lipinski definition) is 6. The highest BCUT2D eigenvalue weighted by atomic mass is 16.5. The molecule has 0 radical (unpaired) electrons. The van der Waals surface area contributed by atoms with E-state index in [4.69, 9.17) is 15.6 Å². The fraction of sp³-hybridized carbons (Fsp3) is 0.300. The Labute approximate surface area is 96.6 Å². The highest BCUT2D eigenvalue weighted by Gasteiger charge is 2.22. The summed E-state index contributed by atoms with van der Waals surface area (Å²) in [5, 5.41) is 8.97. The van der Waals surface area contributed by atoms with Crippen molar-refractivity contribution in [2.24, 2.45) is 0 Å². The molecule has 1 aliphatic heterocycles. The van der Waals surface area contributed by atoms with E-state index in [0.29, 0.717) is 29.2 Å². The fourth-order valence-electron chi connectivity index (χ4n) is 1.86. The molecular weight excluding hydrogens is 222 g/mol. The van der Waals surface area contributed by atoms with Crippen molar-refractivity contribution in [1.82, 2.24) is 19.5 Å². The van der Waals surface area contributed by atoms with Crippen LogP contribution in [0, 0.1) is 0 Å². The SMILES string of the molecule is Nc1ncnc2c1ncn2[C@H]1CC=C(CO)O1. The molecule has 3 rings (SSSR count). The standard InChI is InChI=1S/C10H11N5O2/c11-9-8-10(13-4-12-9)15(5-14-8)7-2-1-6(3-16)17-7/h1,4-5,7,16H,2-3H2,(H2,11,12,13)/t7-/m1/s1. The van der Waals surface area contributed by atoms with Gasteiger partial charge < -0.3 is 15.6 Å². The Morgan fingerprint density at radius 3 is 3.12 bits per heavy atom. The van der Waals surface area contributed by atoms with E-state index in [1.165, 1.54) is 6.33 Å². The number of imidazole rings is 1. The average molecular weight is 233 g/mol. The molecule has 0 bridgehead atoms. The molecule has 2 aromatic heterocycles. The van der Waals surface area contributed by atoms with Crippen LogP contribution in [-0.4, -0.2) is 31.2 Å². The minimum Gasteiger partial charge on any atom is -0.472 e. The first kappa shape index (κ1) is 10.0. The topological polar surface area (TPSA) is 99.1 Å². The number of aliphatic hydroxyl groups is 1. The monoisotopic (exact) mass is 233 g/mol. The Balaban J connectivity index is 2.00. The summed E-state index contributed by atoms with van der Waals surface area (Å²) >= 11 is 0. The van der Waals surface area contributed by atoms with Crippen molar-refractivity contribution >= 4 is 17.0 Å².